The summed E-state index contributed by atoms with van der Waals surface area (Å²) in [5.41, 5.74) is -0.185. The van der Waals surface area contributed by atoms with Crippen LogP contribution >= 0.6 is 0 Å². The van der Waals surface area contributed by atoms with Crippen LogP contribution in [0.15, 0.2) is 29.2 Å². The third-order valence-corrected chi connectivity index (χ3v) is 4.48. The molecule has 0 aliphatic heterocycles. The number of hydrogen-bond acceptors (Lipinski definition) is 2. The molecule has 0 unspecified atom stereocenters. The van der Waals surface area contributed by atoms with Gasteiger partial charge in [-0.25, -0.2) is 17.2 Å². The minimum atomic E-state index is -3.38. The lowest BCUT2D eigenvalue weighted by atomic mass is 10.1. The molecule has 0 fully saturated rings. The summed E-state index contributed by atoms with van der Waals surface area (Å²) in [6.07, 6.45) is 0. The van der Waals surface area contributed by atoms with Gasteiger partial charge in [-0.2, -0.15) is 0 Å². The van der Waals surface area contributed by atoms with E-state index in [4.69, 9.17) is 0 Å². The van der Waals surface area contributed by atoms with Crippen molar-refractivity contribution < 1.29 is 17.2 Å². The molecule has 0 N–H and O–H groups in total. The Morgan fingerprint density at radius 1 is 1.12 bits per heavy atom. The van der Waals surface area contributed by atoms with Crippen molar-refractivity contribution in [3.63, 3.8) is 0 Å². The van der Waals surface area contributed by atoms with Crippen LogP contribution in [0.25, 0.3) is 0 Å². The van der Waals surface area contributed by atoms with E-state index < -0.39 is 21.0 Å². The molecule has 0 radical (unpaired) electrons. The number of alkyl halides is 2. The molecule has 0 aliphatic rings. The zero-order valence-corrected chi connectivity index (χ0v) is 10.2. The summed E-state index contributed by atoms with van der Waals surface area (Å²) >= 11 is 0. The number of hydrogen-bond donors (Lipinski definition) is 0. The van der Waals surface area contributed by atoms with E-state index in [-0.39, 0.29) is 10.5 Å². The van der Waals surface area contributed by atoms with Crippen molar-refractivity contribution in [3.05, 3.63) is 29.8 Å². The first kappa shape index (κ1) is 13.1. The van der Waals surface area contributed by atoms with Crippen LogP contribution in [-0.4, -0.2) is 13.7 Å². The first-order valence-electron chi connectivity index (χ1n) is 4.88. The van der Waals surface area contributed by atoms with Crippen molar-refractivity contribution in [2.24, 2.45) is 0 Å². The maximum atomic E-state index is 12.9. The standard InChI is InChI=1S/C11H14F2O2S/c1-8(2)16(14,15)10-6-4-9(5-7-10)11(3,12)13/h4-8H,1-3H3. The summed E-state index contributed by atoms with van der Waals surface area (Å²) in [7, 11) is -3.38. The Morgan fingerprint density at radius 2 is 1.56 bits per heavy atom. The maximum Gasteiger partial charge on any atom is 0.270 e. The van der Waals surface area contributed by atoms with Gasteiger partial charge in [0.1, 0.15) is 0 Å². The average Bonchev–Trinajstić information content (AvgIpc) is 2.16. The minimum absolute atomic E-state index is 0.0792. The summed E-state index contributed by atoms with van der Waals surface area (Å²) in [5, 5.41) is -0.555. The van der Waals surface area contributed by atoms with E-state index in [1.54, 1.807) is 13.8 Å². The van der Waals surface area contributed by atoms with Gasteiger partial charge in [0.05, 0.1) is 10.1 Å². The van der Waals surface area contributed by atoms with Crippen LogP contribution in [0.2, 0.25) is 0 Å². The maximum absolute atomic E-state index is 12.9. The third kappa shape index (κ3) is 2.58. The Kier molecular flexibility index (Phi) is 3.38. The molecule has 1 aromatic carbocycles. The second-order valence-corrected chi connectivity index (χ2v) is 6.51. The molecule has 0 atom stereocenters. The fraction of sp³-hybridized carbons (Fsp3) is 0.455. The molecule has 1 rings (SSSR count). The van der Waals surface area contributed by atoms with E-state index in [2.05, 4.69) is 0 Å². The van der Waals surface area contributed by atoms with Gasteiger partial charge in [-0.05, 0) is 26.0 Å². The van der Waals surface area contributed by atoms with E-state index in [1.165, 1.54) is 12.1 Å². The first-order chi connectivity index (χ1) is 7.15. The van der Waals surface area contributed by atoms with E-state index in [1.807, 2.05) is 0 Å². The van der Waals surface area contributed by atoms with Crippen LogP contribution in [0.1, 0.15) is 26.3 Å². The van der Waals surface area contributed by atoms with Gasteiger partial charge in [-0.15, -0.1) is 0 Å². The van der Waals surface area contributed by atoms with E-state index in [0.717, 1.165) is 19.1 Å². The molecular formula is C11H14F2O2S. The van der Waals surface area contributed by atoms with Gasteiger partial charge in [0.2, 0.25) is 0 Å². The van der Waals surface area contributed by atoms with Gasteiger partial charge in [-0.3, -0.25) is 0 Å². The predicted octanol–water partition coefficient (Wildman–Crippen LogP) is 2.98. The molecular weight excluding hydrogens is 234 g/mol. The normalized spacial score (nSPS) is 13.1. The quantitative estimate of drug-likeness (QED) is 0.824. The molecule has 2 nitrogen and oxygen atoms in total. The van der Waals surface area contributed by atoms with Gasteiger partial charge >= 0.3 is 0 Å². The van der Waals surface area contributed by atoms with Crippen molar-refractivity contribution in [1.82, 2.24) is 0 Å². The lowest BCUT2D eigenvalue weighted by Crippen LogP contribution is -2.14. The van der Waals surface area contributed by atoms with Crippen molar-refractivity contribution in [1.29, 1.82) is 0 Å². The summed E-state index contributed by atoms with van der Waals surface area (Å²) in [4.78, 5) is 0.0792. The third-order valence-electron chi connectivity index (χ3n) is 2.31. The SMILES string of the molecule is CC(C)S(=O)(=O)c1ccc(C(C)(F)F)cc1. The number of halogens is 2. The molecule has 5 heteroatoms. The Morgan fingerprint density at radius 3 is 1.88 bits per heavy atom. The zero-order chi connectivity index (χ0) is 12.6. The molecule has 1 aromatic rings. The second kappa shape index (κ2) is 4.13. The van der Waals surface area contributed by atoms with Crippen LogP contribution in [0.3, 0.4) is 0 Å². The summed E-state index contributed by atoms with van der Waals surface area (Å²) in [5.74, 6) is -2.94. The van der Waals surface area contributed by atoms with Crippen LogP contribution in [0.4, 0.5) is 8.78 Å². The van der Waals surface area contributed by atoms with Crippen LogP contribution in [-0.2, 0) is 15.8 Å². The van der Waals surface area contributed by atoms with Crippen LogP contribution < -0.4 is 0 Å². The summed E-state index contributed by atoms with van der Waals surface area (Å²) in [6, 6.07) is 4.74. The van der Waals surface area contributed by atoms with E-state index in [0.29, 0.717) is 0 Å². The Balaban J connectivity index is 3.15. The van der Waals surface area contributed by atoms with E-state index in [9.17, 15) is 17.2 Å². The second-order valence-electron chi connectivity index (χ2n) is 4.01. The van der Waals surface area contributed by atoms with Gasteiger partial charge < -0.3 is 0 Å². The molecule has 0 aliphatic carbocycles. The summed E-state index contributed by atoms with van der Waals surface area (Å²) < 4.78 is 49.2. The highest BCUT2D eigenvalue weighted by atomic mass is 32.2. The average molecular weight is 248 g/mol. The molecule has 16 heavy (non-hydrogen) atoms. The Hall–Kier alpha value is -0.970. The van der Waals surface area contributed by atoms with Gasteiger partial charge in [0.25, 0.3) is 5.92 Å². The number of benzene rings is 1. The molecule has 0 aromatic heterocycles. The van der Waals surface area contributed by atoms with Crippen molar-refractivity contribution in [2.45, 2.75) is 36.8 Å². The van der Waals surface area contributed by atoms with Gasteiger partial charge in [0, 0.05) is 12.5 Å². The smallest absolute Gasteiger partial charge is 0.223 e. The monoisotopic (exact) mass is 248 g/mol. The molecule has 0 saturated heterocycles. The molecule has 0 spiro atoms. The molecule has 0 amide bonds. The topological polar surface area (TPSA) is 34.1 Å². The first-order valence-corrected chi connectivity index (χ1v) is 6.42. The Bertz CT molecular complexity index is 456. The van der Waals surface area contributed by atoms with Gasteiger partial charge in [-0.1, -0.05) is 12.1 Å². The molecule has 0 heterocycles. The lowest BCUT2D eigenvalue weighted by molar-refractivity contribution is 0.0174. The van der Waals surface area contributed by atoms with Crippen LogP contribution in [0, 0.1) is 0 Å². The molecule has 90 valence electrons. The molecule has 0 bridgehead atoms. The highest BCUT2D eigenvalue weighted by Crippen LogP contribution is 2.28. The highest BCUT2D eigenvalue weighted by Gasteiger charge is 2.25. The van der Waals surface area contributed by atoms with Crippen molar-refractivity contribution in [2.75, 3.05) is 0 Å². The summed E-state index contributed by atoms with van der Waals surface area (Å²) in [6.45, 7) is 3.88. The fourth-order valence-electron chi connectivity index (χ4n) is 1.21. The largest absolute Gasteiger partial charge is 0.270 e. The lowest BCUT2D eigenvalue weighted by Gasteiger charge is -2.12. The predicted molar refractivity (Wildman–Crippen MR) is 58.3 cm³/mol. The fourth-order valence-corrected chi connectivity index (χ4v) is 2.27. The van der Waals surface area contributed by atoms with Crippen molar-refractivity contribution >= 4 is 9.84 Å². The van der Waals surface area contributed by atoms with Crippen LogP contribution in [0.5, 0.6) is 0 Å². The number of sulfone groups is 1. The highest BCUT2D eigenvalue weighted by molar-refractivity contribution is 7.92. The zero-order valence-electron chi connectivity index (χ0n) is 9.37. The molecule has 0 saturated carbocycles. The van der Waals surface area contributed by atoms with Crippen molar-refractivity contribution in [3.8, 4) is 0 Å². The van der Waals surface area contributed by atoms with Gasteiger partial charge in [0.15, 0.2) is 9.84 Å². The Labute approximate surface area is 94.2 Å². The van der Waals surface area contributed by atoms with E-state index >= 15 is 0 Å². The minimum Gasteiger partial charge on any atom is -0.223 e. The number of rotatable bonds is 3.